The van der Waals surface area contributed by atoms with Gasteiger partial charge in [-0.15, -0.1) is 0 Å². The van der Waals surface area contributed by atoms with Gasteiger partial charge in [-0.1, -0.05) is 0 Å². The van der Waals surface area contributed by atoms with Gasteiger partial charge in [-0.2, -0.15) is 0 Å². The molecular formula is C16H24IN. The second-order valence-corrected chi connectivity index (χ2v) is 5.99. The van der Waals surface area contributed by atoms with Crippen molar-refractivity contribution in [3.8, 4) is 0 Å². The topological polar surface area (TPSA) is 3.01 Å². The Kier molecular flexibility index (Phi) is 4.03. The third kappa shape index (κ3) is 1.75. The molecule has 0 saturated heterocycles. The van der Waals surface area contributed by atoms with Gasteiger partial charge in [-0.25, -0.2) is 4.58 Å². The predicted molar refractivity (Wildman–Crippen MR) is 74.9 cm³/mol. The fourth-order valence-electron chi connectivity index (χ4n) is 3.24. The summed E-state index contributed by atoms with van der Waals surface area (Å²) in [5.41, 5.74) is 10.4. The predicted octanol–water partition coefficient (Wildman–Crippen LogP) is 0.950. The molecule has 1 heterocycles. The van der Waals surface area contributed by atoms with Crippen LogP contribution in [0.15, 0.2) is 0 Å². The normalized spacial score (nSPS) is 16.7. The lowest BCUT2D eigenvalue weighted by Gasteiger charge is -2.20. The molecule has 0 N–H and O–H groups in total. The summed E-state index contributed by atoms with van der Waals surface area (Å²) in [5.74, 6) is 0. The zero-order valence-corrected chi connectivity index (χ0v) is 15.0. The van der Waals surface area contributed by atoms with E-state index in [1.807, 2.05) is 0 Å². The van der Waals surface area contributed by atoms with Crippen molar-refractivity contribution in [1.29, 1.82) is 0 Å². The molecule has 0 spiro atoms. The summed E-state index contributed by atoms with van der Waals surface area (Å²) in [7, 11) is 2.20. The van der Waals surface area contributed by atoms with E-state index in [0.717, 1.165) is 0 Å². The Morgan fingerprint density at radius 3 is 1.72 bits per heavy atom. The minimum atomic E-state index is 0. The molecule has 0 aromatic heterocycles. The van der Waals surface area contributed by atoms with E-state index in [4.69, 9.17) is 0 Å². The molecule has 0 fully saturated rings. The first-order valence-electron chi connectivity index (χ1n) is 6.39. The van der Waals surface area contributed by atoms with Gasteiger partial charge >= 0.3 is 0 Å². The van der Waals surface area contributed by atoms with E-state index in [9.17, 15) is 0 Å². The molecule has 18 heavy (non-hydrogen) atoms. The van der Waals surface area contributed by atoms with Crippen molar-refractivity contribution < 1.29 is 28.6 Å². The molecule has 1 aromatic carbocycles. The zero-order chi connectivity index (χ0) is 13.1. The summed E-state index contributed by atoms with van der Waals surface area (Å²) < 4.78 is 2.38. The lowest BCUT2D eigenvalue weighted by molar-refractivity contribution is -0.403. The monoisotopic (exact) mass is 357 g/mol. The first kappa shape index (κ1) is 15.7. The average molecular weight is 357 g/mol. The van der Waals surface area contributed by atoms with Crippen LogP contribution in [-0.4, -0.2) is 17.3 Å². The average Bonchev–Trinajstić information content (AvgIpc) is 2.44. The van der Waals surface area contributed by atoms with Crippen molar-refractivity contribution in [1.82, 2.24) is 0 Å². The number of rotatable bonds is 0. The molecule has 0 atom stereocenters. The van der Waals surface area contributed by atoms with Gasteiger partial charge < -0.3 is 24.0 Å². The van der Waals surface area contributed by atoms with Crippen LogP contribution in [0.1, 0.15) is 48.6 Å². The molecule has 0 saturated carbocycles. The molecule has 0 unspecified atom stereocenters. The van der Waals surface area contributed by atoms with Crippen LogP contribution < -0.4 is 24.0 Å². The Labute approximate surface area is 128 Å². The smallest absolute Gasteiger partial charge is 0.212 e. The molecule has 1 aliphatic rings. The molecule has 2 heteroatoms. The molecule has 0 amide bonds. The fourth-order valence-corrected chi connectivity index (χ4v) is 3.24. The Hall–Kier alpha value is -0.380. The van der Waals surface area contributed by atoms with Crippen molar-refractivity contribution in [3.63, 3.8) is 0 Å². The largest absolute Gasteiger partial charge is 1.00 e. The highest BCUT2D eigenvalue weighted by Crippen LogP contribution is 2.45. The highest BCUT2D eigenvalue weighted by molar-refractivity contribution is 5.94. The highest BCUT2D eigenvalue weighted by Gasteiger charge is 2.44. The zero-order valence-electron chi connectivity index (χ0n) is 12.8. The minimum Gasteiger partial charge on any atom is -1.00 e. The third-order valence-electron chi connectivity index (χ3n) is 5.02. The van der Waals surface area contributed by atoms with Gasteiger partial charge in [0, 0.05) is 18.1 Å². The van der Waals surface area contributed by atoms with E-state index >= 15 is 0 Å². The van der Waals surface area contributed by atoms with Gasteiger partial charge in [-0.3, -0.25) is 0 Å². The number of hydrogen-bond acceptors (Lipinski definition) is 0. The molecule has 100 valence electrons. The van der Waals surface area contributed by atoms with Gasteiger partial charge in [0.1, 0.15) is 7.05 Å². The van der Waals surface area contributed by atoms with E-state index in [1.165, 1.54) is 39.2 Å². The quantitative estimate of drug-likeness (QED) is 0.481. The number of fused-ring (bicyclic) bond motifs is 1. The standard InChI is InChI=1S/C16H24N.HI/c1-9-10(2)12(4)15-14(11(9)3)16(6,7)13(5)17(15)8;/h1-8H3;1H/q+1;/p-1. The van der Waals surface area contributed by atoms with Gasteiger partial charge in [0.2, 0.25) is 5.69 Å². The summed E-state index contributed by atoms with van der Waals surface area (Å²) >= 11 is 0. The highest BCUT2D eigenvalue weighted by atomic mass is 127. The van der Waals surface area contributed by atoms with Gasteiger partial charge in [0.05, 0.1) is 5.41 Å². The van der Waals surface area contributed by atoms with E-state index in [-0.39, 0.29) is 29.4 Å². The lowest BCUT2D eigenvalue weighted by Crippen LogP contribution is -3.00. The fraction of sp³-hybridized carbons (Fsp3) is 0.562. The Morgan fingerprint density at radius 2 is 1.22 bits per heavy atom. The van der Waals surface area contributed by atoms with Gasteiger partial charge in [-0.05, 0) is 58.2 Å². The van der Waals surface area contributed by atoms with Gasteiger partial charge in [0.15, 0.2) is 5.71 Å². The summed E-state index contributed by atoms with van der Waals surface area (Å²) in [6, 6.07) is 0. The SMILES string of the molecule is CC1=[N+](C)c2c(C)c(C)c(C)c(C)c2C1(C)C.[I-]. The van der Waals surface area contributed by atoms with Crippen LogP contribution in [0.2, 0.25) is 0 Å². The van der Waals surface area contributed by atoms with Crippen molar-refractivity contribution in [2.24, 2.45) is 0 Å². The van der Waals surface area contributed by atoms with E-state index in [2.05, 4.69) is 60.1 Å². The molecule has 0 radical (unpaired) electrons. The van der Waals surface area contributed by atoms with E-state index in [1.54, 1.807) is 0 Å². The lowest BCUT2D eigenvalue weighted by atomic mass is 9.77. The summed E-state index contributed by atoms with van der Waals surface area (Å²) in [4.78, 5) is 0. The number of halogens is 1. The van der Waals surface area contributed by atoms with Crippen LogP contribution in [-0.2, 0) is 5.41 Å². The van der Waals surface area contributed by atoms with Crippen molar-refractivity contribution in [2.45, 2.75) is 53.9 Å². The maximum absolute atomic E-state index is 2.38. The first-order chi connectivity index (χ1) is 7.71. The maximum atomic E-state index is 2.38. The van der Waals surface area contributed by atoms with Crippen molar-refractivity contribution in [3.05, 3.63) is 27.8 Å². The van der Waals surface area contributed by atoms with Crippen LogP contribution in [0.25, 0.3) is 0 Å². The van der Waals surface area contributed by atoms with Crippen LogP contribution in [0.5, 0.6) is 0 Å². The summed E-state index contributed by atoms with van der Waals surface area (Å²) in [6.07, 6.45) is 0. The van der Waals surface area contributed by atoms with Gasteiger partial charge in [0.25, 0.3) is 0 Å². The molecule has 1 aromatic rings. The molecule has 0 aliphatic carbocycles. The second kappa shape index (κ2) is 4.62. The van der Waals surface area contributed by atoms with Crippen LogP contribution >= 0.6 is 0 Å². The van der Waals surface area contributed by atoms with Crippen molar-refractivity contribution in [2.75, 3.05) is 7.05 Å². The van der Waals surface area contributed by atoms with Crippen LogP contribution in [0.4, 0.5) is 5.69 Å². The Balaban J connectivity index is 0.00000162. The second-order valence-electron chi connectivity index (χ2n) is 5.99. The summed E-state index contributed by atoms with van der Waals surface area (Å²) in [6.45, 7) is 16.0. The van der Waals surface area contributed by atoms with E-state index in [0.29, 0.717) is 0 Å². The molecule has 0 bridgehead atoms. The minimum absolute atomic E-state index is 0. The molecule has 1 aliphatic heterocycles. The molecule has 2 rings (SSSR count). The van der Waals surface area contributed by atoms with Crippen LogP contribution in [0.3, 0.4) is 0 Å². The Bertz CT molecular complexity index is 551. The van der Waals surface area contributed by atoms with Crippen LogP contribution in [0, 0.1) is 27.7 Å². The number of hydrogen-bond donors (Lipinski definition) is 0. The first-order valence-corrected chi connectivity index (χ1v) is 6.39. The molecular weight excluding hydrogens is 333 g/mol. The number of nitrogens with zero attached hydrogens (tertiary/aromatic N) is 1. The van der Waals surface area contributed by atoms with Crippen molar-refractivity contribution >= 4 is 11.4 Å². The Morgan fingerprint density at radius 1 is 0.778 bits per heavy atom. The molecule has 1 nitrogen and oxygen atoms in total. The number of benzene rings is 1. The van der Waals surface area contributed by atoms with E-state index < -0.39 is 0 Å². The third-order valence-corrected chi connectivity index (χ3v) is 5.02. The maximum Gasteiger partial charge on any atom is 0.212 e. The summed E-state index contributed by atoms with van der Waals surface area (Å²) in [5, 5.41) is 0.